The van der Waals surface area contributed by atoms with E-state index in [2.05, 4.69) is 22.2 Å². The van der Waals surface area contributed by atoms with Crippen molar-refractivity contribution in [3.8, 4) is 17.2 Å². The van der Waals surface area contributed by atoms with Crippen LogP contribution in [0.2, 0.25) is 0 Å². The van der Waals surface area contributed by atoms with Crippen LogP contribution in [0.4, 0.5) is 5.95 Å². The summed E-state index contributed by atoms with van der Waals surface area (Å²) in [6, 6.07) is 3.73. The molecule has 1 aliphatic rings. The smallest absolute Gasteiger partial charge is 0.229 e. The van der Waals surface area contributed by atoms with Crippen molar-refractivity contribution >= 4 is 17.6 Å². The van der Waals surface area contributed by atoms with E-state index >= 15 is 0 Å². The van der Waals surface area contributed by atoms with Gasteiger partial charge in [0.2, 0.25) is 17.6 Å². The van der Waals surface area contributed by atoms with E-state index < -0.39 is 0 Å². The summed E-state index contributed by atoms with van der Waals surface area (Å²) >= 11 is 0. The van der Waals surface area contributed by atoms with Gasteiger partial charge in [-0.2, -0.15) is 0 Å². The molecule has 0 radical (unpaired) electrons. The molecule has 0 fully saturated rings. The number of ether oxygens (including phenoxy) is 3. The van der Waals surface area contributed by atoms with Crippen LogP contribution in [-0.4, -0.2) is 43.0 Å². The van der Waals surface area contributed by atoms with Crippen molar-refractivity contribution in [1.82, 2.24) is 9.97 Å². The SMILES string of the molecule is CCCCCC(=O)Nc1ncc2c(n1)CC(c1cc(OC)c(OC)c(OC)c1)CC2=O. The largest absolute Gasteiger partial charge is 0.493 e. The Morgan fingerprint density at radius 2 is 1.81 bits per heavy atom. The summed E-state index contributed by atoms with van der Waals surface area (Å²) < 4.78 is 16.3. The molecule has 0 spiro atoms. The fraction of sp³-hybridized carbons (Fsp3) is 0.478. The summed E-state index contributed by atoms with van der Waals surface area (Å²) in [6.45, 7) is 2.09. The van der Waals surface area contributed by atoms with E-state index in [9.17, 15) is 9.59 Å². The normalized spacial score (nSPS) is 15.2. The Kier molecular flexibility index (Phi) is 7.44. The van der Waals surface area contributed by atoms with Crippen LogP contribution in [0.15, 0.2) is 18.3 Å². The third kappa shape index (κ3) is 5.13. The predicted molar refractivity (Wildman–Crippen MR) is 116 cm³/mol. The topological polar surface area (TPSA) is 99.6 Å². The number of aromatic nitrogens is 2. The predicted octanol–water partition coefficient (Wildman–Crippen LogP) is 3.93. The molecule has 8 heteroatoms. The number of nitrogens with one attached hydrogen (secondary N) is 1. The lowest BCUT2D eigenvalue weighted by molar-refractivity contribution is -0.116. The van der Waals surface area contributed by atoms with Crippen LogP contribution in [0.3, 0.4) is 0 Å². The molecule has 3 rings (SSSR count). The summed E-state index contributed by atoms with van der Waals surface area (Å²) in [5, 5.41) is 2.74. The molecule has 2 aromatic rings. The summed E-state index contributed by atoms with van der Waals surface area (Å²) in [6.07, 6.45) is 5.70. The maximum absolute atomic E-state index is 12.8. The molecule has 0 aliphatic heterocycles. The Hall–Kier alpha value is -3.16. The van der Waals surface area contributed by atoms with E-state index in [1.165, 1.54) is 6.20 Å². The number of fused-ring (bicyclic) bond motifs is 1. The number of ketones is 1. The number of carbonyl (C=O) groups excluding carboxylic acids is 2. The van der Waals surface area contributed by atoms with Crippen molar-refractivity contribution in [2.24, 2.45) is 0 Å². The lowest BCUT2D eigenvalue weighted by Crippen LogP contribution is -2.22. The number of hydrogen-bond acceptors (Lipinski definition) is 7. The zero-order chi connectivity index (χ0) is 22.4. The highest BCUT2D eigenvalue weighted by Gasteiger charge is 2.30. The van der Waals surface area contributed by atoms with Gasteiger partial charge in [0.15, 0.2) is 17.3 Å². The van der Waals surface area contributed by atoms with Crippen molar-refractivity contribution in [2.45, 2.75) is 51.4 Å². The Labute approximate surface area is 182 Å². The molecule has 1 atom stereocenters. The Bertz CT molecular complexity index is 935. The maximum Gasteiger partial charge on any atom is 0.229 e. The summed E-state index contributed by atoms with van der Waals surface area (Å²) in [5.41, 5.74) is 2.04. The summed E-state index contributed by atoms with van der Waals surface area (Å²) in [5.74, 6) is 1.58. The molecule has 1 aliphatic carbocycles. The van der Waals surface area contributed by atoms with Crippen molar-refractivity contribution in [1.29, 1.82) is 0 Å². The molecule has 8 nitrogen and oxygen atoms in total. The maximum atomic E-state index is 12.8. The van der Waals surface area contributed by atoms with Crippen LogP contribution in [0.25, 0.3) is 0 Å². The van der Waals surface area contributed by atoms with Gasteiger partial charge < -0.3 is 14.2 Å². The van der Waals surface area contributed by atoms with Gasteiger partial charge in [0.25, 0.3) is 0 Å². The van der Waals surface area contributed by atoms with Gasteiger partial charge in [0, 0.05) is 19.0 Å². The summed E-state index contributed by atoms with van der Waals surface area (Å²) in [4.78, 5) is 33.5. The van der Waals surface area contributed by atoms with Crippen molar-refractivity contribution < 1.29 is 23.8 Å². The minimum atomic E-state index is -0.114. The zero-order valence-corrected chi connectivity index (χ0v) is 18.5. The van der Waals surface area contributed by atoms with E-state index in [1.54, 1.807) is 21.3 Å². The van der Waals surface area contributed by atoms with Crippen LogP contribution in [0, 0.1) is 0 Å². The molecule has 1 amide bonds. The number of rotatable bonds is 9. The van der Waals surface area contributed by atoms with Crippen LogP contribution < -0.4 is 19.5 Å². The lowest BCUT2D eigenvalue weighted by Gasteiger charge is -2.24. The van der Waals surface area contributed by atoms with Crippen LogP contribution >= 0.6 is 0 Å². The lowest BCUT2D eigenvalue weighted by atomic mass is 9.82. The van der Waals surface area contributed by atoms with E-state index in [0.717, 1.165) is 24.8 Å². The fourth-order valence-electron chi connectivity index (χ4n) is 3.80. The van der Waals surface area contributed by atoms with Crippen molar-refractivity contribution in [3.05, 3.63) is 35.2 Å². The van der Waals surface area contributed by atoms with Gasteiger partial charge in [0.1, 0.15) is 0 Å². The van der Waals surface area contributed by atoms with Gasteiger partial charge >= 0.3 is 0 Å². The molecule has 166 valence electrons. The van der Waals surface area contributed by atoms with Crippen LogP contribution in [0.5, 0.6) is 17.2 Å². The Morgan fingerprint density at radius 1 is 1.10 bits per heavy atom. The first kappa shape index (κ1) is 22.5. The molecule has 31 heavy (non-hydrogen) atoms. The van der Waals surface area contributed by atoms with Crippen LogP contribution in [0.1, 0.15) is 66.6 Å². The summed E-state index contributed by atoms with van der Waals surface area (Å²) in [7, 11) is 4.67. The first-order valence-electron chi connectivity index (χ1n) is 10.5. The first-order valence-corrected chi connectivity index (χ1v) is 10.5. The minimum absolute atomic E-state index is 0.0270. The number of benzene rings is 1. The number of carbonyl (C=O) groups is 2. The zero-order valence-electron chi connectivity index (χ0n) is 18.5. The molecule has 1 N–H and O–H groups in total. The number of unbranched alkanes of at least 4 members (excludes halogenated alkanes) is 2. The molecule has 1 aromatic heterocycles. The first-order chi connectivity index (χ1) is 15.0. The molecule has 0 saturated heterocycles. The van der Waals surface area contributed by atoms with Gasteiger partial charge in [0.05, 0.1) is 32.6 Å². The number of methoxy groups -OCH3 is 3. The number of nitrogens with zero attached hydrogens (tertiary/aromatic N) is 2. The minimum Gasteiger partial charge on any atom is -0.493 e. The number of hydrogen-bond donors (Lipinski definition) is 1. The fourth-order valence-corrected chi connectivity index (χ4v) is 3.80. The number of Topliss-reactive ketones (excluding diaryl/α,β-unsaturated/α-hetero) is 1. The van der Waals surface area contributed by atoms with E-state index in [4.69, 9.17) is 14.2 Å². The van der Waals surface area contributed by atoms with Crippen molar-refractivity contribution in [2.75, 3.05) is 26.6 Å². The molecule has 0 saturated carbocycles. The molecule has 0 bridgehead atoms. The highest BCUT2D eigenvalue weighted by molar-refractivity contribution is 5.99. The van der Waals surface area contributed by atoms with Gasteiger partial charge in [-0.05, 0) is 36.5 Å². The number of amides is 1. The standard InChI is InChI=1S/C23H29N3O5/c1-5-6-7-8-21(28)26-23-24-13-16-17(25-23)9-14(10-18(16)27)15-11-19(29-2)22(31-4)20(12-15)30-3/h11-14H,5-10H2,1-4H3,(H,24,25,26,28). The molecular weight excluding hydrogens is 398 g/mol. The Balaban J connectivity index is 1.83. The number of anilines is 1. The van der Waals surface area contributed by atoms with Gasteiger partial charge in [-0.25, -0.2) is 9.97 Å². The second-order valence-corrected chi connectivity index (χ2v) is 7.55. The van der Waals surface area contributed by atoms with Gasteiger partial charge in [-0.15, -0.1) is 0 Å². The Morgan fingerprint density at radius 3 is 2.42 bits per heavy atom. The molecule has 1 unspecified atom stereocenters. The monoisotopic (exact) mass is 427 g/mol. The second-order valence-electron chi connectivity index (χ2n) is 7.55. The third-order valence-corrected chi connectivity index (χ3v) is 5.46. The quantitative estimate of drug-likeness (QED) is 0.605. The molecular formula is C23H29N3O5. The second kappa shape index (κ2) is 10.2. The van der Waals surface area contributed by atoms with Gasteiger partial charge in [-0.1, -0.05) is 19.8 Å². The molecule has 1 heterocycles. The van der Waals surface area contributed by atoms with E-state index in [-0.39, 0.29) is 23.6 Å². The van der Waals surface area contributed by atoms with E-state index in [1.807, 2.05) is 12.1 Å². The average molecular weight is 428 g/mol. The average Bonchev–Trinajstić information content (AvgIpc) is 2.77. The third-order valence-electron chi connectivity index (χ3n) is 5.46. The highest BCUT2D eigenvalue weighted by atomic mass is 16.5. The molecule has 1 aromatic carbocycles. The van der Waals surface area contributed by atoms with E-state index in [0.29, 0.717) is 47.8 Å². The van der Waals surface area contributed by atoms with Crippen LogP contribution in [-0.2, 0) is 11.2 Å². The van der Waals surface area contributed by atoms with Gasteiger partial charge in [-0.3, -0.25) is 14.9 Å². The van der Waals surface area contributed by atoms with Crippen molar-refractivity contribution in [3.63, 3.8) is 0 Å². The highest BCUT2D eigenvalue weighted by Crippen LogP contribution is 2.42.